The zero-order valence-electron chi connectivity index (χ0n) is 16.1. The molecule has 0 radical (unpaired) electrons. The van der Waals surface area contributed by atoms with Crippen molar-refractivity contribution in [1.29, 1.82) is 0 Å². The van der Waals surface area contributed by atoms with Gasteiger partial charge in [0.1, 0.15) is 12.4 Å². The second-order valence-corrected chi connectivity index (χ2v) is 8.45. The van der Waals surface area contributed by atoms with Gasteiger partial charge in [0.15, 0.2) is 0 Å². The van der Waals surface area contributed by atoms with Gasteiger partial charge in [0, 0.05) is 5.56 Å². The molecular formula is C20H26N2O4S. The molecule has 2 aromatic rings. The number of hydrogen-bond acceptors (Lipinski definition) is 4. The SMILES string of the molecule is Cc1ccc(C(=O)NCCOc2ccccc2C(C)C)cc1NS(C)(=O)=O. The molecule has 7 heteroatoms. The molecule has 6 nitrogen and oxygen atoms in total. The first-order valence-electron chi connectivity index (χ1n) is 8.75. The van der Waals surface area contributed by atoms with Crippen LogP contribution in [0.2, 0.25) is 0 Å². The van der Waals surface area contributed by atoms with Gasteiger partial charge in [0.05, 0.1) is 18.5 Å². The molecule has 0 aromatic heterocycles. The Kier molecular flexibility index (Phi) is 6.85. The predicted molar refractivity (Wildman–Crippen MR) is 108 cm³/mol. The molecule has 0 spiro atoms. The zero-order chi connectivity index (χ0) is 20.0. The van der Waals surface area contributed by atoms with Crippen LogP contribution < -0.4 is 14.8 Å². The first-order valence-corrected chi connectivity index (χ1v) is 10.6. The number of nitrogens with one attached hydrogen (secondary N) is 2. The van der Waals surface area contributed by atoms with Crippen molar-refractivity contribution >= 4 is 21.6 Å². The summed E-state index contributed by atoms with van der Waals surface area (Å²) in [4.78, 5) is 12.3. The Labute approximate surface area is 161 Å². The van der Waals surface area contributed by atoms with Gasteiger partial charge in [-0.05, 0) is 42.2 Å². The van der Waals surface area contributed by atoms with E-state index < -0.39 is 10.0 Å². The number of ether oxygens (including phenoxy) is 1. The zero-order valence-corrected chi connectivity index (χ0v) is 16.9. The number of benzene rings is 2. The molecule has 2 N–H and O–H groups in total. The number of para-hydroxylation sites is 1. The van der Waals surface area contributed by atoms with Crippen LogP contribution in [0.3, 0.4) is 0 Å². The van der Waals surface area contributed by atoms with Crippen molar-refractivity contribution in [3.63, 3.8) is 0 Å². The van der Waals surface area contributed by atoms with E-state index in [-0.39, 0.29) is 5.91 Å². The third-order valence-electron chi connectivity index (χ3n) is 3.98. The van der Waals surface area contributed by atoms with Crippen molar-refractivity contribution in [2.75, 3.05) is 24.1 Å². The first kappa shape index (κ1) is 20.8. The van der Waals surface area contributed by atoms with Crippen molar-refractivity contribution in [1.82, 2.24) is 5.32 Å². The molecule has 2 rings (SSSR count). The Morgan fingerprint density at radius 2 is 1.85 bits per heavy atom. The summed E-state index contributed by atoms with van der Waals surface area (Å²) < 4.78 is 31.1. The van der Waals surface area contributed by atoms with E-state index in [9.17, 15) is 13.2 Å². The number of carbonyl (C=O) groups excluding carboxylic acids is 1. The first-order chi connectivity index (χ1) is 12.7. The van der Waals surface area contributed by atoms with Crippen LogP contribution in [0.15, 0.2) is 42.5 Å². The van der Waals surface area contributed by atoms with E-state index in [1.807, 2.05) is 24.3 Å². The van der Waals surface area contributed by atoms with Crippen molar-refractivity contribution < 1.29 is 17.9 Å². The monoisotopic (exact) mass is 390 g/mol. The second-order valence-electron chi connectivity index (χ2n) is 6.70. The van der Waals surface area contributed by atoms with E-state index in [4.69, 9.17) is 4.74 Å². The highest BCUT2D eigenvalue weighted by Gasteiger charge is 2.11. The molecule has 0 bridgehead atoms. The van der Waals surface area contributed by atoms with Gasteiger partial charge in [0.2, 0.25) is 10.0 Å². The summed E-state index contributed by atoms with van der Waals surface area (Å²) in [5.74, 6) is 0.883. The Balaban J connectivity index is 1.94. The Hall–Kier alpha value is -2.54. The van der Waals surface area contributed by atoms with Gasteiger partial charge < -0.3 is 10.1 Å². The van der Waals surface area contributed by atoms with E-state index in [0.29, 0.717) is 30.3 Å². The number of sulfonamides is 1. The molecule has 0 aliphatic carbocycles. The molecular weight excluding hydrogens is 364 g/mol. The number of anilines is 1. The lowest BCUT2D eigenvalue weighted by Gasteiger charge is -2.14. The van der Waals surface area contributed by atoms with Gasteiger partial charge in [0.25, 0.3) is 5.91 Å². The van der Waals surface area contributed by atoms with E-state index >= 15 is 0 Å². The fraction of sp³-hybridized carbons (Fsp3) is 0.350. The molecule has 0 aliphatic rings. The molecule has 0 aliphatic heterocycles. The summed E-state index contributed by atoms with van der Waals surface area (Å²) in [6.07, 6.45) is 1.07. The molecule has 0 fully saturated rings. The lowest BCUT2D eigenvalue weighted by Crippen LogP contribution is -2.28. The van der Waals surface area contributed by atoms with Gasteiger partial charge in [-0.25, -0.2) is 8.42 Å². The molecule has 0 saturated carbocycles. The average Bonchev–Trinajstić information content (AvgIpc) is 2.59. The summed E-state index contributed by atoms with van der Waals surface area (Å²) in [5.41, 5.74) is 2.64. The van der Waals surface area contributed by atoms with E-state index in [2.05, 4.69) is 23.9 Å². The molecule has 27 heavy (non-hydrogen) atoms. The van der Waals surface area contributed by atoms with Gasteiger partial charge >= 0.3 is 0 Å². The largest absolute Gasteiger partial charge is 0.491 e. The van der Waals surface area contributed by atoms with Gasteiger partial charge in [-0.3, -0.25) is 9.52 Å². The number of rotatable bonds is 8. The van der Waals surface area contributed by atoms with E-state index in [1.165, 1.54) is 6.07 Å². The fourth-order valence-corrected chi connectivity index (χ4v) is 3.21. The number of aryl methyl sites for hydroxylation is 1. The Morgan fingerprint density at radius 1 is 1.15 bits per heavy atom. The lowest BCUT2D eigenvalue weighted by atomic mass is 10.0. The Morgan fingerprint density at radius 3 is 2.52 bits per heavy atom. The lowest BCUT2D eigenvalue weighted by molar-refractivity contribution is 0.0947. The number of hydrogen-bond donors (Lipinski definition) is 2. The molecule has 0 unspecified atom stereocenters. The third kappa shape index (κ3) is 6.29. The maximum absolute atomic E-state index is 12.3. The van der Waals surface area contributed by atoms with Gasteiger partial charge in [-0.1, -0.05) is 38.1 Å². The minimum Gasteiger partial charge on any atom is -0.491 e. The molecule has 146 valence electrons. The molecule has 0 saturated heterocycles. The average molecular weight is 391 g/mol. The minimum atomic E-state index is -3.41. The summed E-state index contributed by atoms with van der Waals surface area (Å²) in [6.45, 7) is 6.66. The minimum absolute atomic E-state index is 0.285. The summed E-state index contributed by atoms with van der Waals surface area (Å²) in [5, 5.41) is 2.79. The van der Waals surface area contributed by atoms with Gasteiger partial charge in [-0.15, -0.1) is 0 Å². The topological polar surface area (TPSA) is 84.5 Å². The van der Waals surface area contributed by atoms with Crippen LogP contribution in [-0.4, -0.2) is 33.7 Å². The summed E-state index contributed by atoms with van der Waals surface area (Å²) in [6, 6.07) is 12.7. The van der Waals surface area contributed by atoms with Crippen LogP contribution >= 0.6 is 0 Å². The molecule has 2 aromatic carbocycles. The maximum atomic E-state index is 12.3. The molecule has 0 atom stereocenters. The van der Waals surface area contributed by atoms with Gasteiger partial charge in [-0.2, -0.15) is 0 Å². The standard InChI is InChI=1S/C20H26N2O4S/c1-14(2)17-7-5-6-8-19(17)26-12-11-21-20(23)16-10-9-15(3)18(13-16)22-27(4,24)25/h5-10,13-14,22H,11-12H2,1-4H3,(H,21,23). The van der Waals surface area contributed by atoms with Crippen LogP contribution in [-0.2, 0) is 10.0 Å². The molecule has 0 heterocycles. The highest BCUT2D eigenvalue weighted by Crippen LogP contribution is 2.25. The van der Waals surface area contributed by atoms with Crippen LogP contribution in [0.25, 0.3) is 0 Å². The van der Waals surface area contributed by atoms with Crippen molar-refractivity contribution in [2.24, 2.45) is 0 Å². The number of amides is 1. The smallest absolute Gasteiger partial charge is 0.251 e. The normalized spacial score (nSPS) is 11.3. The third-order valence-corrected chi connectivity index (χ3v) is 4.57. The molecule has 1 amide bonds. The fourth-order valence-electron chi connectivity index (χ4n) is 2.59. The van der Waals surface area contributed by atoms with Crippen LogP contribution in [0.1, 0.15) is 41.3 Å². The maximum Gasteiger partial charge on any atom is 0.251 e. The number of carbonyl (C=O) groups is 1. The highest BCUT2D eigenvalue weighted by atomic mass is 32.2. The van der Waals surface area contributed by atoms with Crippen molar-refractivity contribution in [3.8, 4) is 5.75 Å². The van der Waals surface area contributed by atoms with E-state index in [1.54, 1.807) is 19.1 Å². The van der Waals surface area contributed by atoms with Crippen LogP contribution in [0.5, 0.6) is 5.75 Å². The van der Waals surface area contributed by atoms with Crippen LogP contribution in [0, 0.1) is 6.92 Å². The van der Waals surface area contributed by atoms with Crippen LogP contribution in [0.4, 0.5) is 5.69 Å². The Bertz CT molecular complexity index is 908. The second kappa shape index (κ2) is 8.90. The summed E-state index contributed by atoms with van der Waals surface area (Å²) in [7, 11) is -3.41. The highest BCUT2D eigenvalue weighted by molar-refractivity contribution is 7.92. The van der Waals surface area contributed by atoms with E-state index in [0.717, 1.165) is 23.1 Å². The quantitative estimate of drug-likeness (QED) is 0.678. The summed E-state index contributed by atoms with van der Waals surface area (Å²) >= 11 is 0. The van der Waals surface area contributed by atoms with Crippen molar-refractivity contribution in [2.45, 2.75) is 26.7 Å². The van der Waals surface area contributed by atoms with Crippen molar-refractivity contribution in [3.05, 3.63) is 59.2 Å². The predicted octanol–water partition coefficient (Wildman–Crippen LogP) is 3.30.